The number of carbonyl (C=O) groups is 2. The maximum atomic E-state index is 13.7. The molecule has 4 rings (SSSR count). The van der Waals surface area contributed by atoms with Crippen LogP contribution in [-0.4, -0.2) is 35.3 Å². The summed E-state index contributed by atoms with van der Waals surface area (Å²) >= 11 is 0. The number of nitrogens with zero attached hydrogens (tertiary/aromatic N) is 2. The molecule has 0 atom stereocenters. The Hall–Kier alpha value is -2.62. The lowest BCUT2D eigenvalue weighted by molar-refractivity contribution is -0.119. The quantitative estimate of drug-likeness (QED) is 0.446. The minimum atomic E-state index is -0.191. The standard InChI is InChI=1S/C30H40N2O2/c1-21(2)26-10-9-11-27(22(3)4)28(26)18-25(33)19-31-20-30(16-7-6-8-17-30)32(29(31)34)24-14-12-23(5)13-15-24/h9-15,21-22H,6-8,16-20H2,1-5H3. The first-order valence-corrected chi connectivity index (χ1v) is 13.0. The number of carbonyl (C=O) groups excluding carboxylic acids is 2. The molecule has 4 heteroatoms. The molecule has 1 saturated carbocycles. The largest absolute Gasteiger partial charge is 0.325 e. The summed E-state index contributed by atoms with van der Waals surface area (Å²) in [4.78, 5) is 30.9. The van der Waals surface area contributed by atoms with E-state index in [1.54, 1.807) is 0 Å². The fourth-order valence-corrected chi connectivity index (χ4v) is 6.01. The van der Waals surface area contributed by atoms with Gasteiger partial charge in [-0.2, -0.15) is 0 Å². The van der Waals surface area contributed by atoms with Crippen molar-refractivity contribution in [2.75, 3.05) is 18.0 Å². The van der Waals surface area contributed by atoms with E-state index >= 15 is 0 Å². The first-order chi connectivity index (χ1) is 16.2. The van der Waals surface area contributed by atoms with E-state index in [1.165, 1.54) is 23.1 Å². The molecule has 0 bridgehead atoms. The van der Waals surface area contributed by atoms with Crippen molar-refractivity contribution in [1.29, 1.82) is 0 Å². The Bertz CT molecular complexity index is 1010. The monoisotopic (exact) mass is 460 g/mol. The molecule has 1 heterocycles. The van der Waals surface area contributed by atoms with Crippen molar-refractivity contribution in [3.05, 3.63) is 64.7 Å². The van der Waals surface area contributed by atoms with Crippen LogP contribution in [0.1, 0.15) is 93.9 Å². The van der Waals surface area contributed by atoms with Crippen LogP contribution in [0.3, 0.4) is 0 Å². The number of hydrogen-bond acceptors (Lipinski definition) is 2. The molecule has 1 spiro atoms. The Morgan fingerprint density at radius 3 is 2.06 bits per heavy atom. The van der Waals surface area contributed by atoms with Crippen LogP contribution in [0.4, 0.5) is 10.5 Å². The zero-order chi connectivity index (χ0) is 24.5. The second-order valence-corrected chi connectivity index (χ2v) is 11.0. The van der Waals surface area contributed by atoms with Gasteiger partial charge in [-0.3, -0.25) is 9.69 Å². The highest BCUT2D eigenvalue weighted by Crippen LogP contribution is 2.42. The Morgan fingerprint density at radius 1 is 0.912 bits per heavy atom. The van der Waals surface area contributed by atoms with Gasteiger partial charge >= 0.3 is 6.03 Å². The van der Waals surface area contributed by atoms with Gasteiger partial charge in [0, 0.05) is 18.7 Å². The number of urea groups is 1. The number of hydrogen-bond donors (Lipinski definition) is 0. The predicted molar refractivity (Wildman–Crippen MR) is 140 cm³/mol. The number of anilines is 1. The fourth-order valence-electron chi connectivity index (χ4n) is 6.01. The molecule has 1 saturated heterocycles. The van der Waals surface area contributed by atoms with Gasteiger partial charge in [0.2, 0.25) is 0 Å². The van der Waals surface area contributed by atoms with Crippen molar-refractivity contribution in [3.8, 4) is 0 Å². The molecule has 2 amide bonds. The van der Waals surface area contributed by atoms with E-state index in [9.17, 15) is 9.59 Å². The molecule has 2 fully saturated rings. The van der Waals surface area contributed by atoms with Crippen molar-refractivity contribution in [2.45, 2.75) is 90.5 Å². The minimum absolute atomic E-state index is 0.0136. The number of benzene rings is 2. The summed E-state index contributed by atoms with van der Waals surface area (Å²) in [5.74, 6) is 0.843. The van der Waals surface area contributed by atoms with Gasteiger partial charge in [0.05, 0.1) is 12.1 Å². The van der Waals surface area contributed by atoms with Crippen molar-refractivity contribution in [2.24, 2.45) is 0 Å². The lowest BCUT2D eigenvalue weighted by Gasteiger charge is -2.40. The van der Waals surface area contributed by atoms with Crippen LogP contribution in [0.15, 0.2) is 42.5 Å². The smallest absolute Gasteiger partial charge is 0.315 e. The molecule has 0 aromatic heterocycles. The van der Waals surface area contributed by atoms with Crippen LogP contribution < -0.4 is 4.90 Å². The van der Waals surface area contributed by atoms with Gasteiger partial charge in [-0.05, 0) is 60.4 Å². The van der Waals surface area contributed by atoms with E-state index < -0.39 is 0 Å². The molecule has 1 aliphatic heterocycles. The van der Waals surface area contributed by atoms with Gasteiger partial charge in [-0.15, -0.1) is 0 Å². The van der Waals surface area contributed by atoms with E-state index in [1.807, 2.05) is 9.80 Å². The molecule has 182 valence electrons. The predicted octanol–water partition coefficient (Wildman–Crippen LogP) is 7.00. The second kappa shape index (κ2) is 9.93. The lowest BCUT2D eigenvalue weighted by atomic mass is 9.80. The maximum Gasteiger partial charge on any atom is 0.325 e. The van der Waals surface area contributed by atoms with E-state index in [4.69, 9.17) is 0 Å². The van der Waals surface area contributed by atoms with Gasteiger partial charge < -0.3 is 4.90 Å². The Labute approximate surface area is 205 Å². The first kappa shape index (κ1) is 24.5. The van der Waals surface area contributed by atoms with Gasteiger partial charge in [-0.1, -0.05) is 82.9 Å². The third kappa shape index (κ3) is 4.78. The number of Topliss-reactive ketones (excluding diaryl/α,β-unsaturated/α-hetero) is 1. The Balaban J connectivity index is 1.58. The average Bonchev–Trinajstić information content (AvgIpc) is 3.04. The lowest BCUT2D eigenvalue weighted by Crippen LogP contribution is -2.48. The van der Waals surface area contributed by atoms with Gasteiger partial charge in [0.15, 0.2) is 5.78 Å². The van der Waals surface area contributed by atoms with Crippen molar-refractivity contribution < 1.29 is 9.59 Å². The van der Waals surface area contributed by atoms with Crippen LogP contribution in [0.2, 0.25) is 0 Å². The topological polar surface area (TPSA) is 40.6 Å². The number of rotatable bonds is 7. The van der Waals surface area contributed by atoms with Crippen LogP contribution in [0.25, 0.3) is 0 Å². The maximum absolute atomic E-state index is 13.7. The molecular weight excluding hydrogens is 420 g/mol. The van der Waals surface area contributed by atoms with Gasteiger partial charge in [0.1, 0.15) is 0 Å². The van der Waals surface area contributed by atoms with Crippen molar-refractivity contribution >= 4 is 17.5 Å². The molecule has 2 aromatic carbocycles. The summed E-state index contributed by atoms with van der Waals surface area (Å²) in [7, 11) is 0. The first-order valence-electron chi connectivity index (χ1n) is 13.0. The average molecular weight is 461 g/mol. The van der Waals surface area contributed by atoms with Crippen LogP contribution in [0.5, 0.6) is 0 Å². The summed E-state index contributed by atoms with van der Waals surface area (Å²) in [5, 5.41) is 0. The molecule has 2 aromatic rings. The van der Waals surface area contributed by atoms with Crippen LogP contribution in [0, 0.1) is 6.92 Å². The van der Waals surface area contributed by atoms with Gasteiger partial charge in [-0.25, -0.2) is 4.79 Å². The van der Waals surface area contributed by atoms with Crippen LogP contribution in [-0.2, 0) is 11.2 Å². The summed E-state index contributed by atoms with van der Waals surface area (Å²) in [6, 6.07) is 14.7. The summed E-state index contributed by atoms with van der Waals surface area (Å²) in [6.45, 7) is 11.6. The highest BCUT2D eigenvalue weighted by Gasteiger charge is 2.50. The summed E-state index contributed by atoms with van der Waals surface area (Å²) in [5.41, 5.74) is 5.61. The number of ketones is 1. The molecule has 1 aliphatic carbocycles. The Morgan fingerprint density at radius 2 is 1.50 bits per heavy atom. The zero-order valence-electron chi connectivity index (χ0n) is 21.6. The Kier molecular flexibility index (Phi) is 7.16. The molecular formula is C30H40N2O2. The zero-order valence-corrected chi connectivity index (χ0v) is 21.6. The molecule has 0 radical (unpaired) electrons. The third-order valence-electron chi connectivity index (χ3n) is 7.73. The highest BCUT2D eigenvalue weighted by atomic mass is 16.2. The SMILES string of the molecule is Cc1ccc(N2C(=O)N(CC(=O)Cc3c(C(C)C)cccc3C(C)C)CC23CCCCC3)cc1. The fraction of sp³-hybridized carbons (Fsp3) is 0.533. The summed E-state index contributed by atoms with van der Waals surface area (Å²) < 4.78 is 0. The van der Waals surface area contributed by atoms with Gasteiger partial charge in [0.25, 0.3) is 0 Å². The van der Waals surface area contributed by atoms with E-state index in [0.717, 1.165) is 36.9 Å². The molecule has 4 nitrogen and oxygen atoms in total. The number of aryl methyl sites for hydroxylation is 1. The minimum Gasteiger partial charge on any atom is -0.315 e. The normalized spacial score (nSPS) is 17.9. The molecule has 2 aliphatic rings. The van der Waals surface area contributed by atoms with E-state index in [0.29, 0.717) is 24.8 Å². The molecule has 0 unspecified atom stereocenters. The second-order valence-electron chi connectivity index (χ2n) is 11.0. The van der Waals surface area contributed by atoms with Crippen molar-refractivity contribution in [3.63, 3.8) is 0 Å². The number of amides is 2. The van der Waals surface area contributed by atoms with Crippen molar-refractivity contribution in [1.82, 2.24) is 4.90 Å². The molecule has 0 N–H and O–H groups in total. The van der Waals surface area contributed by atoms with E-state index in [-0.39, 0.29) is 23.9 Å². The van der Waals surface area contributed by atoms with Crippen LogP contribution >= 0.6 is 0 Å². The summed E-state index contributed by atoms with van der Waals surface area (Å²) in [6.07, 6.45) is 5.90. The highest BCUT2D eigenvalue weighted by molar-refractivity contribution is 5.99. The third-order valence-corrected chi connectivity index (χ3v) is 7.73. The molecule has 34 heavy (non-hydrogen) atoms. The van der Waals surface area contributed by atoms with E-state index in [2.05, 4.69) is 77.1 Å².